The van der Waals surface area contributed by atoms with Gasteiger partial charge in [-0.05, 0) is 43.2 Å². The number of anilines is 2. The molecule has 6 nitrogen and oxygen atoms in total. The first kappa shape index (κ1) is 17.9. The number of piperazine rings is 1. The van der Waals surface area contributed by atoms with Crippen molar-refractivity contribution in [2.24, 2.45) is 0 Å². The summed E-state index contributed by atoms with van der Waals surface area (Å²) in [4.78, 5) is 32.9. The summed E-state index contributed by atoms with van der Waals surface area (Å²) in [6, 6.07) is 11.6. The van der Waals surface area contributed by atoms with Crippen molar-refractivity contribution in [3.05, 3.63) is 53.7 Å². The summed E-state index contributed by atoms with van der Waals surface area (Å²) in [7, 11) is 0. The largest absolute Gasteiger partial charge is 0.353 e. The third-order valence-electron chi connectivity index (χ3n) is 4.80. The van der Waals surface area contributed by atoms with E-state index in [1.54, 1.807) is 11.1 Å². The van der Waals surface area contributed by atoms with Gasteiger partial charge in [0.2, 0.25) is 11.8 Å². The fraction of sp³-hybridized carbons (Fsp3) is 0.350. The Balaban J connectivity index is 1.51. The maximum absolute atomic E-state index is 12.4. The molecule has 1 aromatic heterocycles. The molecule has 1 saturated heterocycles. The molecule has 1 aliphatic rings. The first-order chi connectivity index (χ1) is 12.5. The Morgan fingerprint density at radius 1 is 1.04 bits per heavy atom. The average Bonchev–Trinajstić information content (AvgIpc) is 2.66. The third kappa shape index (κ3) is 4.20. The molecule has 136 valence electrons. The van der Waals surface area contributed by atoms with Crippen molar-refractivity contribution in [2.45, 2.75) is 20.3 Å². The second-order valence-electron chi connectivity index (χ2n) is 6.53. The quantitative estimate of drug-likeness (QED) is 0.858. The number of benzene rings is 1. The molecule has 6 heteroatoms. The molecule has 2 heterocycles. The fourth-order valence-electron chi connectivity index (χ4n) is 3.06. The lowest BCUT2D eigenvalue weighted by molar-refractivity contribution is -0.134. The minimum atomic E-state index is -0.268. The number of rotatable bonds is 4. The number of pyridine rings is 1. The van der Waals surface area contributed by atoms with Crippen molar-refractivity contribution in [1.82, 2.24) is 9.88 Å². The molecule has 26 heavy (non-hydrogen) atoms. The number of aromatic nitrogens is 1. The van der Waals surface area contributed by atoms with Crippen molar-refractivity contribution < 1.29 is 9.59 Å². The number of carbonyl (C=O) groups excluding carboxylic acids is 2. The summed E-state index contributed by atoms with van der Waals surface area (Å²) >= 11 is 0. The average molecular weight is 352 g/mol. The number of carbonyl (C=O) groups is 2. The van der Waals surface area contributed by atoms with Gasteiger partial charge < -0.3 is 15.1 Å². The summed E-state index contributed by atoms with van der Waals surface area (Å²) < 4.78 is 0. The highest BCUT2D eigenvalue weighted by molar-refractivity contribution is 6.04. The highest BCUT2D eigenvalue weighted by Gasteiger charge is 2.23. The molecule has 0 atom stereocenters. The van der Waals surface area contributed by atoms with Crippen molar-refractivity contribution in [2.75, 3.05) is 36.4 Å². The van der Waals surface area contributed by atoms with Crippen LogP contribution in [0.15, 0.2) is 42.6 Å². The summed E-state index contributed by atoms with van der Waals surface area (Å²) in [6.07, 6.45) is 1.64. The second kappa shape index (κ2) is 7.99. The Hall–Kier alpha value is -2.89. The lowest BCUT2D eigenvalue weighted by Gasteiger charge is -2.35. The Kier molecular flexibility index (Phi) is 5.51. The van der Waals surface area contributed by atoms with Crippen LogP contribution < -0.4 is 10.2 Å². The maximum atomic E-state index is 12.4. The molecule has 0 radical (unpaired) electrons. The van der Waals surface area contributed by atoms with E-state index in [2.05, 4.69) is 15.2 Å². The highest BCUT2D eigenvalue weighted by atomic mass is 16.2. The molecule has 2 amide bonds. The lowest BCUT2D eigenvalue weighted by atomic mass is 10.1. The number of hydrogen-bond acceptors (Lipinski definition) is 4. The zero-order valence-corrected chi connectivity index (χ0v) is 15.2. The van der Waals surface area contributed by atoms with E-state index in [-0.39, 0.29) is 18.2 Å². The third-order valence-corrected chi connectivity index (χ3v) is 4.80. The van der Waals surface area contributed by atoms with Crippen LogP contribution in [0.25, 0.3) is 0 Å². The molecule has 0 bridgehead atoms. The SMILES string of the molecule is Cc1cccc(NC(=O)CC(=O)N2CCN(c3ccccn3)CC2)c1C. The van der Waals surface area contributed by atoms with Crippen LogP contribution in [-0.2, 0) is 9.59 Å². The molecule has 0 spiro atoms. The van der Waals surface area contributed by atoms with Crippen LogP contribution in [0.5, 0.6) is 0 Å². The zero-order chi connectivity index (χ0) is 18.5. The Labute approximate surface area is 153 Å². The van der Waals surface area contributed by atoms with Crippen molar-refractivity contribution >= 4 is 23.3 Å². The standard InChI is InChI=1S/C20H24N4O2/c1-15-6-5-7-17(16(15)2)22-19(25)14-20(26)24-12-10-23(11-13-24)18-8-3-4-9-21-18/h3-9H,10-14H2,1-2H3,(H,22,25). The van der Waals surface area contributed by atoms with E-state index in [1.807, 2.05) is 50.2 Å². The summed E-state index contributed by atoms with van der Waals surface area (Å²) in [5.74, 6) is 0.525. The van der Waals surface area contributed by atoms with Crippen LogP contribution in [0.4, 0.5) is 11.5 Å². The molecule has 0 saturated carbocycles. The first-order valence-electron chi connectivity index (χ1n) is 8.84. The molecule has 1 N–H and O–H groups in total. The van der Waals surface area contributed by atoms with Gasteiger partial charge in [0.15, 0.2) is 0 Å². The molecule has 1 aliphatic heterocycles. The van der Waals surface area contributed by atoms with E-state index in [0.717, 1.165) is 35.7 Å². The second-order valence-corrected chi connectivity index (χ2v) is 6.53. The van der Waals surface area contributed by atoms with Crippen molar-refractivity contribution in [3.63, 3.8) is 0 Å². The van der Waals surface area contributed by atoms with Gasteiger partial charge in [-0.2, -0.15) is 0 Å². The predicted octanol–water partition coefficient (Wildman–Crippen LogP) is 2.38. The van der Waals surface area contributed by atoms with Crippen LogP contribution in [0.3, 0.4) is 0 Å². The molecule has 2 aromatic rings. The Morgan fingerprint density at radius 3 is 2.50 bits per heavy atom. The lowest BCUT2D eigenvalue weighted by Crippen LogP contribution is -2.49. The van der Waals surface area contributed by atoms with Gasteiger partial charge in [-0.15, -0.1) is 0 Å². The molecular formula is C20H24N4O2. The number of nitrogens with zero attached hydrogens (tertiary/aromatic N) is 3. The molecule has 0 aliphatic carbocycles. The van der Waals surface area contributed by atoms with Crippen LogP contribution in [-0.4, -0.2) is 47.9 Å². The monoisotopic (exact) mass is 352 g/mol. The fourth-order valence-corrected chi connectivity index (χ4v) is 3.06. The van der Waals surface area contributed by atoms with E-state index in [9.17, 15) is 9.59 Å². The zero-order valence-electron chi connectivity index (χ0n) is 15.2. The van der Waals surface area contributed by atoms with Gasteiger partial charge in [0.1, 0.15) is 12.2 Å². The number of aryl methyl sites for hydroxylation is 1. The van der Waals surface area contributed by atoms with E-state index in [1.165, 1.54) is 0 Å². The van der Waals surface area contributed by atoms with Gasteiger partial charge in [0.05, 0.1) is 0 Å². The normalized spacial score (nSPS) is 14.2. The van der Waals surface area contributed by atoms with Crippen molar-refractivity contribution in [1.29, 1.82) is 0 Å². The van der Waals surface area contributed by atoms with Gasteiger partial charge in [-0.25, -0.2) is 4.98 Å². The molecular weight excluding hydrogens is 328 g/mol. The van der Waals surface area contributed by atoms with Gasteiger partial charge in [-0.1, -0.05) is 18.2 Å². The Bertz CT molecular complexity index is 784. The Morgan fingerprint density at radius 2 is 1.81 bits per heavy atom. The van der Waals surface area contributed by atoms with Crippen LogP contribution in [0.2, 0.25) is 0 Å². The molecule has 0 unspecified atom stereocenters. The van der Waals surface area contributed by atoms with E-state index < -0.39 is 0 Å². The van der Waals surface area contributed by atoms with E-state index >= 15 is 0 Å². The summed E-state index contributed by atoms with van der Waals surface area (Å²) in [5.41, 5.74) is 2.90. The minimum absolute atomic E-state index is 0.128. The van der Waals surface area contributed by atoms with Crippen LogP contribution in [0.1, 0.15) is 17.5 Å². The number of amides is 2. The number of hydrogen-bond donors (Lipinski definition) is 1. The van der Waals surface area contributed by atoms with Gasteiger partial charge >= 0.3 is 0 Å². The highest BCUT2D eigenvalue weighted by Crippen LogP contribution is 2.18. The molecule has 3 rings (SSSR count). The summed E-state index contributed by atoms with van der Waals surface area (Å²) in [5, 5.41) is 2.85. The number of nitrogens with one attached hydrogen (secondary N) is 1. The van der Waals surface area contributed by atoms with Crippen molar-refractivity contribution in [3.8, 4) is 0 Å². The van der Waals surface area contributed by atoms with Gasteiger partial charge in [-0.3, -0.25) is 9.59 Å². The van der Waals surface area contributed by atoms with E-state index in [0.29, 0.717) is 13.1 Å². The van der Waals surface area contributed by atoms with Crippen LogP contribution in [0, 0.1) is 13.8 Å². The minimum Gasteiger partial charge on any atom is -0.353 e. The van der Waals surface area contributed by atoms with Gasteiger partial charge in [0, 0.05) is 38.1 Å². The molecule has 1 fully saturated rings. The van der Waals surface area contributed by atoms with Gasteiger partial charge in [0.25, 0.3) is 0 Å². The van der Waals surface area contributed by atoms with Crippen LogP contribution >= 0.6 is 0 Å². The van der Waals surface area contributed by atoms with E-state index in [4.69, 9.17) is 0 Å². The summed E-state index contributed by atoms with van der Waals surface area (Å²) in [6.45, 7) is 6.61. The topological polar surface area (TPSA) is 65.5 Å². The first-order valence-corrected chi connectivity index (χ1v) is 8.84. The predicted molar refractivity (Wildman–Crippen MR) is 102 cm³/mol. The smallest absolute Gasteiger partial charge is 0.233 e. The molecule has 1 aromatic carbocycles. The maximum Gasteiger partial charge on any atom is 0.233 e.